The fourth-order valence-corrected chi connectivity index (χ4v) is 5.99. The van der Waals surface area contributed by atoms with Gasteiger partial charge in [-0.3, -0.25) is 0 Å². The minimum atomic E-state index is -0.974. The predicted molar refractivity (Wildman–Crippen MR) is 141 cm³/mol. The van der Waals surface area contributed by atoms with Gasteiger partial charge in [0.25, 0.3) is 0 Å². The SMILES string of the molecule is O=C(O)c1ccc2c(c1)OC1=C(NC(OCc3c(-c4c(Cl)cccc4Cl)noc3C3CC3)C=C1)C1(CC1)C2. The van der Waals surface area contributed by atoms with Gasteiger partial charge in [-0.15, -0.1) is 0 Å². The Morgan fingerprint density at radius 1 is 1.18 bits per heavy atom. The number of carbonyl (C=O) groups is 1. The molecular formula is C29H24Cl2N2O5. The van der Waals surface area contributed by atoms with Crippen molar-refractivity contribution < 1.29 is 23.9 Å². The van der Waals surface area contributed by atoms with Gasteiger partial charge in [0, 0.05) is 22.5 Å². The summed E-state index contributed by atoms with van der Waals surface area (Å²) in [5.74, 6) is 1.48. The summed E-state index contributed by atoms with van der Waals surface area (Å²) < 4.78 is 18.4. The van der Waals surface area contributed by atoms with Crippen LogP contribution in [0.3, 0.4) is 0 Å². The van der Waals surface area contributed by atoms with E-state index in [1.165, 1.54) is 0 Å². The van der Waals surface area contributed by atoms with Crippen molar-refractivity contribution >= 4 is 29.2 Å². The highest BCUT2D eigenvalue weighted by Crippen LogP contribution is 2.57. The van der Waals surface area contributed by atoms with E-state index in [1.54, 1.807) is 30.3 Å². The average molecular weight is 551 g/mol. The highest BCUT2D eigenvalue weighted by molar-refractivity contribution is 6.39. The van der Waals surface area contributed by atoms with Crippen LogP contribution in [0.25, 0.3) is 11.3 Å². The molecule has 2 aliphatic heterocycles. The van der Waals surface area contributed by atoms with Gasteiger partial charge in [-0.05, 0) is 74.1 Å². The van der Waals surface area contributed by atoms with Gasteiger partial charge in [0.15, 0.2) is 0 Å². The van der Waals surface area contributed by atoms with E-state index in [9.17, 15) is 9.90 Å². The number of rotatable bonds is 6. The molecule has 4 aliphatic rings. The number of nitrogens with one attached hydrogen (secondary N) is 1. The maximum atomic E-state index is 11.5. The Bertz CT molecular complexity index is 1510. The maximum absolute atomic E-state index is 11.5. The van der Waals surface area contributed by atoms with Gasteiger partial charge in [-0.25, -0.2) is 4.79 Å². The molecule has 1 atom stereocenters. The quantitative estimate of drug-likeness (QED) is 0.346. The number of aromatic nitrogens is 1. The number of halogens is 2. The van der Waals surface area contributed by atoms with Crippen molar-refractivity contribution in [3.05, 3.63) is 92.5 Å². The number of hydrogen-bond donors (Lipinski definition) is 2. The summed E-state index contributed by atoms with van der Waals surface area (Å²) in [4.78, 5) is 11.5. The first-order chi connectivity index (χ1) is 18.4. The molecule has 2 saturated carbocycles. The summed E-state index contributed by atoms with van der Waals surface area (Å²) in [6, 6.07) is 10.5. The fourth-order valence-electron chi connectivity index (χ4n) is 5.42. The van der Waals surface area contributed by atoms with Crippen LogP contribution in [0.5, 0.6) is 5.75 Å². The van der Waals surface area contributed by atoms with Crippen molar-refractivity contribution in [2.45, 2.75) is 50.9 Å². The molecule has 7 nitrogen and oxygen atoms in total. The zero-order chi connectivity index (χ0) is 26.0. The first-order valence-corrected chi connectivity index (χ1v) is 13.5. The van der Waals surface area contributed by atoms with Crippen LogP contribution in [0.4, 0.5) is 0 Å². The first kappa shape index (κ1) is 23.8. The van der Waals surface area contributed by atoms with Crippen molar-refractivity contribution in [3.63, 3.8) is 0 Å². The Labute approximate surface area is 229 Å². The van der Waals surface area contributed by atoms with Crippen molar-refractivity contribution in [1.29, 1.82) is 0 Å². The number of hydrogen-bond acceptors (Lipinski definition) is 6. The Kier molecular flexibility index (Phi) is 5.58. The smallest absolute Gasteiger partial charge is 0.335 e. The molecule has 1 spiro atoms. The molecule has 0 saturated heterocycles. The molecule has 3 aromatic rings. The van der Waals surface area contributed by atoms with E-state index in [4.69, 9.17) is 37.2 Å². The Hall–Kier alpha value is -3.26. The van der Waals surface area contributed by atoms with Crippen LogP contribution in [-0.2, 0) is 17.8 Å². The lowest BCUT2D eigenvalue weighted by atomic mass is 9.91. The Morgan fingerprint density at radius 2 is 1.97 bits per heavy atom. The molecule has 9 heteroatoms. The third kappa shape index (κ3) is 4.10. The molecule has 0 amide bonds. The van der Waals surface area contributed by atoms with Crippen LogP contribution >= 0.6 is 23.2 Å². The van der Waals surface area contributed by atoms with Crippen molar-refractivity contribution in [1.82, 2.24) is 10.5 Å². The molecule has 2 aliphatic carbocycles. The largest absolute Gasteiger partial charge is 0.478 e. The highest BCUT2D eigenvalue weighted by atomic mass is 35.5. The second kappa shape index (κ2) is 8.90. The van der Waals surface area contributed by atoms with Crippen LogP contribution in [-0.4, -0.2) is 22.5 Å². The standard InChI is InChI=1S/C29H24Cl2N2O5/c30-19-2-1-3-20(31)24(19)25-18(26(38-33-25)15-4-5-15)14-36-23-9-8-21-27(32-23)29(10-11-29)13-17-7-6-16(28(34)35)12-22(17)37-21/h1-3,6-9,12,15,23,32H,4-5,10-11,13-14H2,(H,34,35). The molecule has 2 fully saturated rings. The summed E-state index contributed by atoms with van der Waals surface area (Å²) in [7, 11) is 0. The van der Waals surface area contributed by atoms with E-state index in [0.717, 1.165) is 54.7 Å². The number of dihydropyridines is 1. The molecule has 3 heterocycles. The molecule has 2 N–H and O–H groups in total. The van der Waals surface area contributed by atoms with Gasteiger partial charge < -0.3 is 24.4 Å². The number of ether oxygens (including phenoxy) is 2. The van der Waals surface area contributed by atoms with Crippen molar-refractivity contribution in [2.24, 2.45) is 5.41 Å². The van der Waals surface area contributed by atoms with Crippen molar-refractivity contribution in [3.8, 4) is 17.0 Å². The predicted octanol–water partition coefficient (Wildman–Crippen LogP) is 6.85. The first-order valence-electron chi connectivity index (χ1n) is 12.7. The molecule has 0 bridgehead atoms. The van der Waals surface area contributed by atoms with E-state index in [0.29, 0.717) is 38.7 Å². The summed E-state index contributed by atoms with van der Waals surface area (Å²) in [6.07, 6.45) is 8.38. The molecule has 0 radical (unpaired) electrons. The fraction of sp³-hybridized carbons (Fsp3) is 0.310. The van der Waals surface area contributed by atoms with Crippen LogP contribution in [0.2, 0.25) is 10.0 Å². The van der Waals surface area contributed by atoms with Gasteiger partial charge >= 0.3 is 5.97 Å². The van der Waals surface area contributed by atoms with E-state index >= 15 is 0 Å². The van der Waals surface area contributed by atoms with Crippen LogP contribution in [0, 0.1) is 5.41 Å². The minimum absolute atomic E-state index is 0.0652. The van der Waals surface area contributed by atoms with Gasteiger partial charge in [0.05, 0.1) is 27.9 Å². The van der Waals surface area contributed by atoms with Gasteiger partial charge in [-0.1, -0.05) is 40.5 Å². The van der Waals surface area contributed by atoms with E-state index in [1.807, 2.05) is 18.2 Å². The zero-order valence-corrected chi connectivity index (χ0v) is 21.8. The molecule has 1 unspecified atom stereocenters. The number of aromatic carboxylic acids is 1. The van der Waals surface area contributed by atoms with Crippen LogP contribution in [0.1, 0.15) is 58.8 Å². The monoisotopic (exact) mass is 550 g/mol. The molecule has 7 rings (SSSR count). The second-order valence-corrected chi connectivity index (χ2v) is 11.2. The summed E-state index contributed by atoms with van der Waals surface area (Å²) in [5.41, 5.74) is 4.28. The lowest BCUT2D eigenvalue weighted by Crippen LogP contribution is -2.37. The molecule has 1 aromatic heterocycles. The number of carboxylic acids is 1. The summed E-state index contributed by atoms with van der Waals surface area (Å²) in [5, 5.41) is 18.4. The number of fused-ring (bicyclic) bond motifs is 2. The molecule has 194 valence electrons. The van der Waals surface area contributed by atoms with Gasteiger partial charge in [-0.2, -0.15) is 0 Å². The minimum Gasteiger partial charge on any atom is -0.478 e. The number of benzene rings is 2. The lowest BCUT2D eigenvalue weighted by Gasteiger charge is -2.28. The molecule has 38 heavy (non-hydrogen) atoms. The van der Waals surface area contributed by atoms with Gasteiger partial charge in [0.1, 0.15) is 29.2 Å². The number of allylic oxidation sites excluding steroid dienone is 2. The molecular weight excluding hydrogens is 527 g/mol. The number of carboxylic acid groups (broad SMARTS) is 1. The maximum Gasteiger partial charge on any atom is 0.335 e. The van der Waals surface area contributed by atoms with Crippen LogP contribution in [0.15, 0.2) is 64.5 Å². The Morgan fingerprint density at radius 3 is 2.68 bits per heavy atom. The van der Waals surface area contributed by atoms with E-state index in [2.05, 4.69) is 10.5 Å². The zero-order valence-electron chi connectivity index (χ0n) is 20.3. The van der Waals surface area contributed by atoms with Crippen molar-refractivity contribution in [2.75, 3.05) is 0 Å². The lowest BCUT2D eigenvalue weighted by molar-refractivity contribution is 0.0505. The molecule has 2 aromatic carbocycles. The van der Waals surface area contributed by atoms with Crippen LogP contribution < -0.4 is 10.1 Å². The topological polar surface area (TPSA) is 93.8 Å². The highest BCUT2D eigenvalue weighted by Gasteiger charge is 2.50. The van der Waals surface area contributed by atoms with E-state index in [-0.39, 0.29) is 23.8 Å². The van der Waals surface area contributed by atoms with Gasteiger partial charge in [0.2, 0.25) is 0 Å². The third-order valence-corrected chi connectivity index (χ3v) is 8.41. The second-order valence-electron chi connectivity index (χ2n) is 10.4. The third-order valence-electron chi connectivity index (χ3n) is 7.78. The normalized spacial score (nSPS) is 20.8. The summed E-state index contributed by atoms with van der Waals surface area (Å²) >= 11 is 13.0. The number of nitrogens with zero attached hydrogens (tertiary/aromatic N) is 1. The summed E-state index contributed by atoms with van der Waals surface area (Å²) in [6.45, 7) is 0.271. The average Bonchev–Trinajstić information content (AvgIpc) is 3.83. The Balaban J connectivity index is 1.15. The van der Waals surface area contributed by atoms with E-state index < -0.39 is 5.97 Å².